The Bertz CT molecular complexity index is 266. The van der Waals surface area contributed by atoms with Gasteiger partial charge in [-0.2, -0.15) is 0 Å². The van der Waals surface area contributed by atoms with Gasteiger partial charge in [0.25, 0.3) is 0 Å². The molecule has 0 radical (unpaired) electrons. The van der Waals surface area contributed by atoms with E-state index in [2.05, 4.69) is 5.32 Å². The Morgan fingerprint density at radius 3 is 2.41 bits per heavy atom. The Balaban J connectivity index is 3.89. The molecule has 0 spiro atoms. The minimum atomic E-state index is -1.38. The Hall–Kier alpha value is -1.14. The lowest BCUT2D eigenvalue weighted by molar-refractivity contribution is -0.153. The first kappa shape index (κ1) is 15.9. The fourth-order valence-electron chi connectivity index (χ4n) is 1.04. The number of carboxylic acid groups (broad SMARTS) is 1. The lowest BCUT2D eigenvalue weighted by atomic mass is 9.93. The molecule has 17 heavy (non-hydrogen) atoms. The third-order valence-corrected chi connectivity index (χ3v) is 2.56. The first-order valence-electron chi connectivity index (χ1n) is 5.51. The van der Waals surface area contributed by atoms with Crippen LogP contribution in [0, 0.1) is 5.41 Å². The van der Waals surface area contributed by atoms with Crippen molar-refractivity contribution in [3.8, 4) is 0 Å². The molecule has 6 heteroatoms. The molecule has 0 aromatic heterocycles. The van der Waals surface area contributed by atoms with Crippen molar-refractivity contribution in [1.29, 1.82) is 0 Å². The molecule has 0 aromatic rings. The van der Waals surface area contributed by atoms with E-state index in [1.54, 1.807) is 7.11 Å². The Morgan fingerprint density at radius 2 is 1.94 bits per heavy atom. The van der Waals surface area contributed by atoms with Crippen LogP contribution in [0.4, 0.5) is 0 Å². The standard InChI is InChI=1S/C11H22N2O4/c1-11(2,10(15)16)9(14)12-5-6-13(3)7-8-17-4/h5-8H2,1-4H3,(H,12,14)(H,15,16). The van der Waals surface area contributed by atoms with Crippen LogP contribution in [0.25, 0.3) is 0 Å². The highest BCUT2D eigenvalue weighted by molar-refractivity contribution is 6.00. The summed E-state index contributed by atoms with van der Waals surface area (Å²) < 4.78 is 4.92. The summed E-state index contributed by atoms with van der Waals surface area (Å²) in [6.07, 6.45) is 0. The van der Waals surface area contributed by atoms with Gasteiger partial charge in [-0.05, 0) is 20.9 Å². The topological polar surface area (TPSA) is 78.9 Å². The number of hydrogen-bond donors (Lipinski definition) is 2. The number of rotatable bonds is 8. The smallest absolute Gasteiger partial charge is 0.318 e. The van der Waals surface area contributed by atoms with Gasteiger partial charge in [0.15, 0.2) is 0 Å². The molecule has 1 amide bonds. The summed E-state index contributed by atoms with van der Waals surface area (Å²) >= 11 is 0. The van der Waals surface area contributed by atoms with Crippen molar-refractivity contribution < 1.29 is 19.4 Å². The van der Waals surface area contributed by atoms with E-state index in [0.29, 0.717) is 19.7 Å². The number of nitrogens with zero attached hydrogens (tertiary/aromatic N) is 1. The summed E-state index contributed by atoms with van der Waals surface area (Å²) in [5.74, 6) is -1.59. The third kappa shape index (κ3) is 5.65. The summed E-state index contributed by atoms with van der Waals surface area (Å²) in [5.41, 5.74) is -1.38. The van der Waals surface area contributed by atoms with Crippen molar-refractivity contribution in [2.45, 2.75) is 13.8 Å². The zero-order valence-corrected chi connectivity index (χ0v) is 10.9. The Kier molecular flexibility index (Phi) is 6.75. The van der Waals surface area contributed by atoms with E-state index in [1.165, 1.54) is 13.8 Å². The fourth-order valence-corrected chi connectivity index (χ4v) is 1.04. The van der Waals surface area contributed by atoms with Crippen molar-refractivity contribution in [2.24, 2.45) is 5.41 Å². The van der Waals surface area contributed by atoms with Gasteiger partial charge in [-0.15, -0.1) is 0 Å². The van der Waals surface area contributed by atoms with Crippen molar-refractivity contribution >= 4 is 11.9 Å². The third-order valence-electron chi connectivity index (χ3n) is 2.56. The molecule has 0 unspecified atom stereocenters. The predicted molar refractivity (Wildman–Crippen MR) is 63.8 cm³/mol. The van der Waals surface area contributed by atoms with Crippen LogP contribution in [0.5, 0.6) is 0 Å². The normalized spacial score (nSPS) is 11.6. The van der Waals surface area contributed by atoms with Gasteiger partial charge >= 0.3 is 5.97 Å². The molecule has 0 saturated carbocycles. The minimum Gasteiger partial charge on any atom is -0.480 e. The molecule has 2 N–H and O–H groups in total. The lowest BCUT2D eigenvalue weighted by Crippen LogP contribution is -2.44. The number of carbonyl (C=O) groups is 2. The molecule has 0 aromatic carbocycles. The summed E-state index contributed by atoms with van der Waals surface area (Å²) in [4.78, 5) is 24.4. The van der Waals surface area contributed by atoms with E-state index in [4.69, 9.17) is 9.84 Å². The molecular formula is C11H22N2O4. The van der Waals surface area contributed by atoms with Gasteiger partial charge in [-0.25, -0.2) is 0 Å². The molecule has 100 valence electrons. The number of carbonyl (C=O) groups excluding carboxylic acids is 1. The monoisotopic (exact) mass is 246 g/mol. The fraction of sp³-hybridized carbons (Fsp3) is 0.818. The van der Waals surface area contributed by atoms with Crippen LogP contribution in [0.15, 0.2) is 0 Å². The van der Waals surface area contributed by atoms with Crippen molar-refractivity contribution in [3.63, 3.8) is 0 Å². The van der Waals surface area contributed by atoms with Crippen LogP contribution in [0.2, 0.25) is 0 Å². The molecule has 0 bridgehead atoms. The van der Waals surface area contributed by atoms with Crippen LogP contribution in [-0.2, 0) is 14.3 Å². The van der Waals surface area contributed by atoms with E-state index >= 15 is 0 Å². The second-order valence-electron chi connectivity index (χ2n) is 4.48. The average Bonchev–Trinajstić information content (AvgIpc) is 2.25. The highest BCUT2D eigenvalue weighted by Crippen LogP contribution is 2.14. The number of amides is 1. The van der Waals surface area contributed by atoms with E-state index in [9.17, 15) is 9.59 Å². The number of hydrogen-bond acceptors (Lipinski definition) is 4. The van der Waals surface area contributed by atoms with Crippen LogP contribution in [0.3, 0.4) is 0 Å². The zero-order chi connectivity index (χ0) is 13.5. The van der Waals surface area contributed by atoms with Crippen molar-refractivity contribution in [3.05, 3.63) is 0 Å². The molecule has 0 fully saturated rings. The van der Waals surface area contributed by atoms with Gasteiger partial charge in [0, 0.05) is 26.7 Å². The maximum absolute atomic E-state index is 11.6. The maximum Gasteiger partial charge on any atom is 0.318 e. The molecule has 0 rings (SSSR count). The van der Waals surface area contributed by atoms with Crippen molar-refractivity contribution in [1.82, 2.24) is 10.2 Å². The first-order chi connectivity index (χ1) is 7.82. The molecule has 0 saturated heterocycles. The van der Waals surface area contributed by atoms with E-state index in [0.717, 1.165) is 6.54 Å². The van der Waals surface area contributed by atoms with E-state index in [-0.39, 0.29) is 0 Å². The molecule has 0 aliphatic heterocycles. The Morgan fingerprint density at radius 1 is 1.35 bits per heavy atom. The number of carboxylic acids is 1. The molecule has 0 aliphatic carbocycles. The number of likely N-dealkylation sites (N-methyl/N-ethyl adjacent to an activating group) is 1. The maximum atomic E-state index is 11.6. The number of ether oxygens (including phenoxy) is 1. The number of nitrogens with one attached hydrogen (secondary N) is 1. The second-order valence-corrected chi connectivity index (χ2v) is 4.48. The van der Waals surface area contributed by atoms with Gasteiger partial charge in [0.2, 0.25) is 5.91 Å². The highest BCUT2D eigenvalue weighted by atomic mass is 16.5. The first-order valence-corrected chi connectivity index (χ1v) is 5.51. The summed E-state index contributed by atoms with van der Waals surface area (Å²) in [6, 6.07) is 0. The van der Waals surface area contributed by atoms with Gasteiger partial charge in [-0.3, -0.25) is 9.59 Å². The lowest BCUT2D eigenvalue weighted by Gasteiger charge is -2.20. The SMILES string of the molecule is COCCN(C)CCNC(=O)C(C)(C)C(=O)O. The predicted octanol–water partition coefficient (Wildman–Crippen LogP) is -0.208. The summed E-state index contributed by atoms with van der Waals surface area (Å²) in [5, 5.41) is 11.5. The van der Waals surface area contributed by atoms with Gasteiger partial charge in [0.05, 0.1) is 6.61 Å². The molecule has 0 heterocycles. The van der Waals surface area contributed by atoms with Crippen LogP contribution in [0.1, 0.15) is 13.8 Å². The van der Waals surface area contributed by atoms with Crippen LogP contribution >= 0.6 is 0 Å². The second kappa shape index (κ2) is 7.24. The molecular weight excluding hydrogens is 224 g/mol. The largest absolute Gasteiger partial charge is 0.480 e. The molecule has 6 nitrogen and oxygen atoms in total. The minimum absolute atomic E-state index is 0.426. The summed E-state index contributed by atoms with van der Waals surface area (Å²) in [6.45, 7) is 5.26. The van der Waals surface area contributed by atoms with E-state index in [1.807, 2.05) is 11.9 Å². The van der Waals surface area contributed by atoms with Gasteiger partial charge in [0.1, 0.15) is 5.41 Å². The number of aliphatic carboxylic acids is 1. The highest BCUT2D eigenvalue weighted by Gasteiger charge is 2.35. The molecule has 0 atom stereocenters. The molecule has 0 aliphatic rings. The van der Waals surface area contributed by atoms with Crippen molar-refractivity contribution in [2.75, 3.05) is 40.4 Å². The quantitative estimate of drug-likeness (QED) is 0.579. The zero-order valence-electron chi connectivity index (χ0n) is 10.9. The van der Waals surface area contributed by atoms with E-state index < -0.39 is 17.3 Å². The summed E-state index contributed by atoms with van der Waals surface area (Å²) in [7, 11) is 3.54. The van der Waals surface area contributed by atoms with Gasteiger partial charge in [-0.1, -0.05) is 0 Å². The van der Waals surface area contributed by atoms with Crippen LogP contribution < -0.4 is 5.32 Å². The van der Waals surface area contributed by atoms with Gasteiger partial charge < -0.3 is 20.1 Å². The van der Waals surface area contributed by atoms with Crippen LogP contribution in [-0.4, -0.2) is 62.3 Å². The number of methoxy groups -OCH3 is 1. The average molecular weight is 246 g/mol. The Labute approximate surface area is 102 Å².